The fraction of sp³-hybridized carbons (Fsp3) is 0.222. The molecule has 0 aliphatic rings. The summed E-state index contributed by atoms with van der Waals surface area (Å²) in [5.74, 6) is 0.504. The summed E-state index contributed by atoms with van der Waals surface area (Å²) < 4.78 is 2.52. The molecular formula is C27H27BrN4O2. The zero-order valence-electron chi connectivity index (χ0n) is 19.5. The molecule has 4 rings (SSSR count). The van der Waals surface area contributed by atoms with Crippen LogP contribution < -0.4 is 10.9 Å². The monoisotopic (exact) mass is 518 g/mol. The van der Waals surface area contributed by atoms with Crippen LogP contribution in [0.15, 0.2) is 82.1 Å². The van der Waals surface area contributed by atoms with Crippen LogP contribution in [0, 0.1) is 0 Å². The Labute approximate surface area is 207 Å². The van der Waals surface area contributed by atoms with Crippen molar-refractivity contribution in [1.82, 2.24) is 14.5 Å². The molecule has 1 aromatic heterocycles. The Balaban J connectivity index is 1.76. The van der Waals surface area contributed by atoms with Crippen LogP contribution in [-0.4, -0.2) is 27.0 Å². The van der Waals surface area contributed by atoms with E-state index in [0.29, 0.717) is 29.0 Å². The van der Waals surface area contributed by atoms with Gasteiger partial charge >= 0.3 is 6.03 Å². The van der Waals surface area contributed by atoms with Crippen molar-refractivity contribution in [3.05, 3.63) is 99.0 Å². The standard InChI is InChI=1S/C27H27BrN4O2/c1-4-19-10-14-21(15-11-19)29-27(34)31(5-2)18(3)25-30-24-9-7-6-8-23(24)26(33)32(25)22-16-12-20(28)13-17-22/h6-18H,4-5H2,1-3H3,(H,29,34). The highest BCUT2D eigenvalue weighted by molar-refractivity contribution is 9.10. The summed E-state index contributed by atoms with van der Waals surface area (Å²) in [6, 6.07) is 21.9. The number of fused-ring (bicyclic) bond motifs is 1. The van der Waals surface area contributed by atoms with Gasteiger partial charge in [0.1, 0.15) is 5.82 Å². The van der Waals surface area contributed by atoms with E-state index in [0.717, 1.165) is 16.6 Å². The number of hydrogen-bond donors (Lipinski definition) is 1. The lowest BCUT2D eigenvalue weighted by molar-refractivity contribution is 0.193. The summed E-state index contributed by atoms with van der Waals surface area (Å²) >= 11 is 3.45. The zero-order chi connectivity index (χ0) is 24.2. The predicted octanol–water partition coefficient (Wildman–Crippen LogP) is 6.33. The molecule has 0 aliphatic carbocycles. The number of rotatable bonds is 6. The molecule has 7 heteroatoms. The third-order valence-corrected chi connectivity index (χ3v) is 6.47. The SMILES string of the molecule is CCc1ccc(NC(=O)N(CC)C(C)c2nc3ccccc3c(=O)n2-c2ccc(Br)cc2)cc1. The van der Waals surface area contributed by atoms with Gasteiger partial charge in [0.15, 0.2) is 0 Å². The fourth-order valence-corrected chi connectivity index (χ4v) is 4.29. The third kappa shape index (κ3) is 4.75. The second kappa shape index (κ2) is 10.2. The normalized spacial score (nSPS) is 11.9. The van der Waals surface area contributed by atoms with Crippen LogP contribution in [0.4, 0.5) is 10.5 Å². The van der Waals surface area contributed by atoms with E-state index in [1.54, 1.807) is 15.5 Å². The maximum absolute atomic E-state index is 13.6. The van der Waals surface area contributed by atoms with Gasteiger partial charge in [0.25, 0.3) is 5.56 Å². The molecule has 1 unspecified atom stereocenters. The van der Waals surface area contributed by atoms with E-state index in [1.807, 2.05) is 80.6 Å². The van der Waals surface area contributed by atoms with E-state index in [-0.39, 0.29) is 11.6 Å². The lowest BCUT2D eigenvalue weighted by Crippen LogP contribution is -2.39. The van der Waals surface area contributed by atoms with Crippen molar-refractivity contribution in [2.45, 2.75) is 33.2 Å². The number of carbonyl (C=O) groups excluding carboxylic acids is 1. The van der Waals surface area contributed by atoms with E-state index in [4.69, 9.17) is 4.98 Å². The van der Waals surface area contributed by atoms with Crippen LogP contribution in [0.25, 0.3) is 16.6 Å². The van der Waals surface area contributed by atoms with Crippen molar-refractivity contribution in [3.8, 4) is 5.69 Å². The number of carbonyl (C=O) groups is 1. The Hall–Kier alpha value is -3.45. The minimum Gasteiger partial charge on any atom is -0.315 e. The topological polar surface area (TPSA) is 67.2 Å². The average Bonchev–Trinajstić information content (AvgIpc) is 2.85. The number of anilines is 1. The predicted molar refractivity (Wildman–Crippen MR) is 141 cm³/mol. The van der Waals surface area contributed by atoms with Gasteiger partial charge in [-0.3, -0.25) is 9.36 Å². The van der Waals surface area contributed by atoms with Gasteiger partial charge in [-0.15, -0.1) is 0 Å². The summed E-state index contributed by atoms with van der Waals surface area (Å²) in [5.41, 5.74) is 3.07. The van der Waals surface area contributed by atoms with Gasteiger partial charge in [0.2, 0.25) is 0 Å². The molecule has 0 spiro atoms. The number of amides is 2. The summed E-state index contributed by atoms with van der Waals surface area (Å²) in [5, 5.41) is 3.51. The number of hydrogen-bond acceptors (Lipinski definition) is 3. The molecule has 2 amide bonds. The van der Waals surface area contributed by atoms with Crippen molar-refractivity contribution in [1.29, 1.82) is 0 Å². The number of urea groups is 1. The Morgan fingerprint density at radius 3 is 2.35 bits per heavy atom. The molecule has 34 heavy (non-hydrogen) atoms. The van der Waals surface area contributed by atoms with E-state index in [1.165, 1.54) is 5.56 Å². The maximum atomic E-state index is 13.6. The Morgan fingerprint density at radius 1 is 1.03 bits per heavy atom. The first-order valence-corrected chi connectivity index (χ1v) is 12.2. The number of aryl methyl sites for hydroxylation is 1. The van der Waals surface area contributed by atoms with Crippen molar-refractivity contribution in [3.63, 3.8) is 0 Å². The second-order valence-corrected chi connectivity index (χ2v) is 8.96. The Bertz CT molecular complexity index is 1360. The molecule has 0 saturated carbocycles. The largest absolute Gasteiger partial charge is 0.322 e. The molecule has 0 radical (unpaired) electrons. The molecule has 0 saturated heterocycles. The number of nitrogens with one attached hydrogen (secondary N) is 1. The molecule has 1 N–H and O–H groups in total. The van der Waals surface area contributed by atoms with Crippen LogP contribution >= 0.6 is 15.9 Å². The summed E-state index contributed by atoms with van der Waals surface area (Å²) in [6.07, 6.45) is 0.938. The summed E-state index contributed by atoms with van der Waals surface area (Å²) in [7, 11) is 0. The molecule has 3 aromatic carbocycles. The van der Waals surface area contributed by atoms with Gasteiger partial charge in [0, 0.05) is 16.7 Å². The number of benzene rings is 3. The molecule has 0 fully saturated rings. The maximum Gasteiger partial charge on any atom is 0.322 e. The van der Waals surface area contributed by atoms with Crippen LogP contribution in [0.3, 0.4) is 0 Å². The van der Waals surface area contributed by atoms with Gasteiger partial charge < -0.3 is 10.2 Å². The number of para-hydroxylation sites is 1. The molecule has 174 valence electrons. The van der Waals surface area contributed by atoms with Gasteiger partial charge in [-0.1, -0.05) is 47.1 Å². The first kappa shape index (κ1) is 23.7. The van der Waals surface area contributed by atoms with Gasteiger partial charge in [0.05, 0.1) is 22.6 Å². The molecule has 1 atom stereocenters. The quantitative estimate of drug-likeness (QED) is 0.324. The molecular weight excluding hydrogens is 492 g/mol. The van der Waals surface area contributed by atoms with Crippen molar-refractivity contribution >= 4 is 38.6 Å². The average molecular weight is 519 g/mol. The summed E-state index contributed by atoms with van der Waals surface area (Å²) in [6.45, 7) is 6.35. The van der Waals surface area contributed by atoms with E-state index < -0.39 is 6.04 Å². The number of nitrogens with zero attached hydrogens (tertiary/aromatic N) is 3. The van der Waals surface area contributed by atoms with Gasteiger partial charge in [-0.05, 0) is 74.4 Å². The highest BCUT2D eigenvalue weighted by Gasteiger charge is 2.26. The van der Waals surface area contributed by atoms with E-state index >= 15 is 0 Å². The number of halogens is 1. The highest BCUT2D eigenvalue weighted by atomic mass is 79.9. The second-order valence-electron chi connectivity index (χ2n) is 8.05. The number of aromatic nitrogens is 2. The van der Waals surface area contributed by atoms with Crippen molar-refractivity contribution < 1.29 is 4.79 Å². The van der Waals surface area contributed by atoms with Crippen LogP contribution in [-0.2, 0) is 6.42 Å². The lowest BCUT2D eigenvalue weighted by Gasteiger charge is -2.29. The van der Waals surface area contributed by atoms with Gasteiger partial charge in [-0.25, -0.2) is 9.78 Å². The van der Waals surface area contributed by atoms with Crippen LogP contribution in [0.2, 0.25) is 0 Å². The Morgan fingerprint density at radius 2 is 1.71 bits per heavy atom. The highest BCUT2D eigenvalue weighted by Crippen LogP contribution is 2.24. The van der Waals surface area contributed by atoms with Crippen molar-refractivity contribution in [2.75, 3.05) is 11.9 Å². The zero-order valence-corrected chi connectivity index (χ0v) is 21.0. The smallest absolute Gasteiger partial charge is 0.315 e. The van der Waals surface area contributed by atoms with Crippen LogP contribution in [0.1, 0.15) is 38.2 Å². The molecule has 1 heterocycles. The Kier molecular flexibility index (Phi) is 7.12. The van der Waals surface area contributed by atoms with E-state index in [2.05, 4.69) is 28.2 Å². The summed E-state index contributed by atoms with van der Waals surface area (Å²) in [4.78, 5) is 33.3. The minimum absolute atomic E-state index is 0.165. The molecule has 0 aliphatic heterocycles. The molecule has 0 bridgehead atoms. The van der Waals surface area contributed by atoms with Gasteiger partial charge in [-0.2, -0.15) is 0 Å². The first-order chi connectivity index (χ1) is 16.4. The lowest BCUT2D eigenvalue weighted by atomic mass is 10.1. The minimum atomic E-state index is -0.458. The molecule has 4 aromatic rings. The van der Waals surface area contributed by atoms with Crippen molar-refractivity contribution in [2.24, 2.45) is 0 Å². The van der Waals surface area contributed by atoms with E-state index in [9.17, 15) is 9.59 Å². The third-order valence-electron chi connectivity index (χ3n) is 5.94. The first-order valence-electron chi connectivity index (χ1n) is 11.4. The molecule has 6 nitrogen and oxygen atoms in total. The van der Waals surface area contributed by atoms with Crippen LogP contribution in [0.5, 0.6) is 0 Å². The fourth-order valence-electron chi connectivity index (χ4n) is 4.02.